The molecule has 0 spiro atoms. The first-order chi connectivity index (χ1) is 15.1. The maximum absolute atomic E-state index is 5.89. The van der Waals surface area contributed by atoms with E-state index in [1.807, 2.05) is 57.2 Å². The Hall–Kier alpha value is -4.14. The summed E-state index contributed by atoms with van der Waals surface area (Å²) in [5.74, 6) is 2.12. The number of pyridine rings is 1. The molecule has 0 fully saturated rings. The summed E-state index contributed by atoms with van der Waals surface area (Å²) in [6.07, 6.45) is 3.36. The SMILES string of the molecule is Cc1cccc(-c2nc(Cn3nnc(-c4nc(-c5ccncc5)no4)c3C)c(C)o2)c1. The number of nitrogens with zero attached hydrogens (tertiary/aromatic N) is 7. The van der Waals surface area contributed by atoms with Crippen LogP contribution in [0, 0.1) is 20.8 Å². The predicted octanol–water partition coefficient (Wildman–Crippen LogP) is 4.02. The molecule has 154 valence electrons. The van der Waals surface area contributed by atoms with Crippen LogP contribution in [0.15, 0.2) is 57.7 Å². The Kier molecular flexibility index (Phi) is 4.62. The van der Waals surface area contributed by atoms with Crippen LogP contribution in [0.25, 0.3) is 34.4 Å². The zero-order chi connectivity index (χ0) is 21.4. The van der Waals surface area contributed by atoms with Gasteiger partial charge in [-0.25, -0.2) is 9.67 Å². The Bertz CT molecular complexity index is 1350. The second-order valence-corrected chi connectivity index (χ2v) is 7.23. The summed E-state index contributed by atoms with van der Waals surface area (Å²) < 4.78 is 13.1. The first-order valence-electron chi connectivity index (χ1n) is 9.76. The van der Waals surface area contributed by atoms with E-state index >= 15 is 0 Å². The van der Waals surface area contributed by atoms with Gasteiger partial charge in [0.2, 0.25) is 11.7 Å². The Morgan fingerprint density at radius 2 is 1.77 bits per heavy atom. The van der Waals surface area contributed by atoms with Crippen LogP contribution in [0.3, 0.4) is 0 Å². The summed E-state index contributed by atoms with van der Waals surface area (Å²) in [6, 6.07) is 11.7. The lowest BCUT2D eigenvalue weighted by atomic mass is 10.1. The first-order valence-corrected chi connectivity index (χ1v) is 9.76. The maximum atomic E-state index is 5.89. The van der Waals surface area contributed by atoms with Crippen LogP contribution in [0.1, 0.15) is 22.7 Å². The van der Waals surface area contributed by atoms with Crippen LogP contribution < -0.4 is 0 Å². The Balaban J connectivity index is 1.41. The molecule has 0 N–H and O–H groups in total. The van der Waals surface area contributed by atoms with Crippen molar-refractivity contribution in [2.24, 2.45) is 0 Å². The van der Waals surface area contributed by atoms with Crippen LogP contribution in [0.5, 0.6) is 0 Å². The van der Waals surface area contributed by atoms with E-state index in [1.165, 1.54) is 0 Å². The van der Waals surface area contributed by atoms with Crippen molar-refractivity contribution in [3.05, 3.63) is 71.5 Å². The molecule has 0 radical (unpaired) electrons. The van der Waals surface area contributed by atoms with Crippen molar-refractivity contribution < 1.29 is 8.94 Å². The average molecular weight is 413 g/mol. The second kappa shape index (κ2) is 7.60. The molecule has 0 bridgehead atoms. The lowest BCUT2D eigenvalue weighted by Crippen LogP contribution is -2.05. The minimum Gasteiger partial charge on any atom is -0.441 e. The molecule has 4 heterocycles. The number of aryl methyl sites for hydroxylation is 2. The third-order valence-electron chi connectivity index (χ3n) is 5.01. The lowest BCUT2D eigenvalue weighted by molar-refractivity contribution is 0.430. The minimum absolute atomic E-state index is 0.313. The first kappa shape index (κ1) is 18.9. The van der Waals surface area contributed by atoms with Crippen molar-refractivity contribution in [3.8, 4) is 34.4 Å². The summed E-state index contributed by atoms with van der Waals surface area (Å²) in [7, 11) is 0. The Morgan fingerprint density at radius 1 is 0.935 bits per heavy atom. The van der Waals surface area contributed by atoms with E-state index in [9.17, 15) is 0 Å². The monoisotopic (exact) mass is 413 g/mol. The largest absolute Gasteiger partial charge is 0.441 e. The van der Waals surface area contributed by atoms with Gasteiger partial charge in [-0.15, -0.1) is 5.10 Å². The highest BCUT2D eigenvalue weighted by molar-refractivity contribution is 5.58. The van der Waals surface area contributed by atoms with E-state index < -0.39 is 0 Å². The number of hydrogen-bond acceptors (Lipinski definition) is 8. The van der Waals surface area contributed by atoms with Gasteiger partial charge >= 0.3 is 0 Å². The van der Waals surface area contributed by atoms with Crippen molar-refractivity contribution in [1.82, 2.24) is 35.1 Å². The summed E-state index contributed by atoms with van der Waals surface area (Å²) in [4.78, 5) is 13.1. The van der Waals surface area contributed by atoms with Crippen LogP contribution in [-0.2, 0) is 6.54 Å². The van der Waals surface area contributed by atoms with Crippen LogP contribution in [0.2, 0.25) is 0 Å². The van der Waals surface area contributed by atoms with Crippen LogP contribution in [0.4, 0.5) is 0 Å². The van der Waals surface area contributed by atoms with Gasteiger partial charge in [-0.1, -0.05) is 28.1 Å². The molecule has 0 aliphatic carbocycles. The molecule has 5 rings (SSSR count). The van der Waals surface area contributed by atoms with Crippen molar-refractivity contribution in [1.29, 1.82) is 0 Å². The zero-order valence-electron chi connectivity index (χ0n) is 17.3. The molecule has 0 saturated heterocycles. The number of oxazole rings is 1. The van der Waals surface area contributed by atoms with Gasteiger partial charge in [0.15, 0.2) is 5.69 Å². The maximum Gasteiger partial charge on any atom is 0.280 e. The van der Waals surface area contributed by atoms with E-state index in [0.717, 1.165) is 33.8 Å². The topological polar surface area (TPSA) is 109 Å². The summed E-state index contributed by atoms with van der Waals surface area (Å²) >= 11 is 0. The average Bonchev–Trinajstić information content (AvgIpc) is 3.49. The third-order valence-corrected chi connectivity index (χ3v) is 5.01. The number of benzene rings is 1. The molecule has 5 aromatic rings. The van der Waals surface area contributed by atoms with Crippen molar-refractivity contribution in [3.63, 3.8) is 0 Å². The molecule has 9 nitrogen and oxygen atoms in total. The molecule has 0 aliphatic rings. The van der Waals surface area contributed by atoms with Gasteiger partial charge in [-0.3, -0.25) is 4.98 Å². The molecule has 0 unspecified atom stereocenters. The molecule has 31 heavy (non-hydrogen) atoms. The highest BCUT2D eigenvalue weighted by atomic mass is 16.5. The molecule has 0 aliphatic heterocycles. The van der Waals surface area contributed by atoms with E-state index in [4.69, 9.17) is 8.94 Å². The van der Waals surface area contributed by atoms with E-state index in [2.05, 4.69) is 30.4 Å². The summed E-state index contributed by atoms with van der Waals surface area (Å²) in [6.45, 7) is 6.26. The number of hydrogen-bond donors (Lipinski definition) is 0. The van der Waals surface area contributed by atoms with E-state index in [-0.39, 0.29) is 0 Å². The van der Waals surface area contributed by atoms with Gasteiger partial charge in [0, 0.05) is 23.5 Å². The fourth-order valence-electron chi connectivity index (χ4n) is 3.26. The third kappa shape index (κ3) is 3.61. The highest BCUT2D eigenvalue weighted by Gasteiger charge is 2.20. The molecule has 9 heteroatoms. The summed E-state index contributed by atoms with van der Waals surface area (Å²) in [5, 5.41) is 12.5. The number of rotatable bonds is 5. The van der Waals surface area contributed by atoms with Gasteiger partial charge in [0.1, 0.15) is 11.5 Å². The van der Waals surface area contributed by atoms with Crippen molar-refractivity contribution in [2.75, 3.05) is 0 Å². The number of aromatic nitrogens is 7. The fraction of sp³-hybridized carbons (Fsp3) is 0.182. The van der Waals surface area contributed by atoms with Gasteiger partial charge in [0.05, 0.1) is 12.2 Å². The van der Waals surface area contributed by atoms with Gasteiger partial charge in [0.25, 0.3) is 5.89 Å². The normalized spacial score (nSPS) is 11.2. The smallest absolute Gasteiger partial charge is 0.280 e. The van der Waals surface area contributed by atoms with Gasteiger partial charge in [-0.05, 0) is 45.0 Å². The molecule has 0 amide bonds. The fourth-order valence-corrected chi connectivity index (χ4v) is 3.26. The molecule has 4 aromatic heterocycles. The predicted molar refractivity (Wildman–Crippen MR) is 112 cm³/mol. The van der Waals surface area contributed by atoms with Crippen LogP contribution >= 0.6 is 0 Å². The zero-order valence-corrected chi connectivity index (χ0v) is 17.3. The van der Waals surface area contributed by atoms with Crippen LogP contribution in [-0.4, -0.2) is 35.1 Å². The summed E-state index contributed by atoms with van der Waals surface area (Å²) in [5.41, 5.74) is 5.03. The molecule has 0 saturated carbocycles. The van der Waals surface area contributed by atoms with E-state index in [0.29, 0.717) is 29.8 Å². The Morgan fingerprint density at radius 3 is 2.58 bits per heavy atom. The van der Waals surface area contributed by atoms with Crippen molar-refractivity contribution in [2.45, 2.75) is 27.3 Å². The Labute approximate surface area is 177 Å². The van der Waals surface area contributed by atoms with Crippen molar-refractivity contribution >= 4 is 0 Å². The van der Waals surface area contributed by atoms with Gasteiger partial charge in [-0.2, -0.15) is 4.98 Å². The molecule has 0 atom stereocenters. The molecular formula is C22H19N7O2. The quantitative estimate of drug-likeness (QED) is 0.425. The molecular weight excluding hydrogens is 394 g/mol. The highest BCUT2D eigenvalue weighted by Crippen LogP contribution is 2.25. The standard InChI is InChI=1S/C22H19N7O2/c1-13-5-4-6-17(11-13)21-24-18(15(3)30-21)12-29-14(2)19(26-28-29)22-25-20(27-31-22)16-7-9-23-10-8-16/h4-11H,12H2,1-3H3. The van der Waals surface area contributed by atoms with E-state index in [1.54, 1.807) is 17.1 Å². The minimum atomic E-state index is 0.313. The second-order valence-electron chi connectivity index (χ2n) is 7.23. The molecule has 1 aromatic carbocycles. The van der Waals surface area contributed by atoms with Gasteiger partial charge < -0.3 is 8.94 Å². The lowest BCUT2D eigenvalue weighted by Gasteiger charge is -2.00.